The van der Waals surface area contributed by atoms with Gasteiger partial charge in [-0.2, -0.15) is 9.61 Å². The lowest BCUT2D eigenvalue weighted by atomic mass is 10.2. The first kappa shape index (κ1) is 16.3. The van der Waals surface area contributed by atoms with Gasteiger partial charge in [0.1, 0.15) is 5.76 Å². The van der Waals surface area contributed by atoms with E-state index in [4.69, 9.17) is 4.42 Å². The molecule has 4 aromatic heterocycles. The predicted molar refractivity (Wildman–Crippen MR) is 95.3 cm³/mol. The smallest absolute Gasteiger partial charge is 0.230 e. The molecule has 9 heteroatoms. The maximum Gasteiger partial charge on any atom is 0.230 e. The van der Waals surface area contributed by atoms with Gasteiger partial charge in [0.15, 0.2) is 5.65 Å². The fourth-order valence-electron chi connectivity index (χ4n) is 2.32. The fourth-order valence-corrected chi connectivity index (χ4v) is 3.03. The van der Waals surface area contributed by atoms with Crippen molar-refractivity contribution in [2.75, 3.05) is 5.75 Å². The summed E-state index contributed by atoms with van der Waals surface area (Å²) in [6, 6.07) is 11.1. The molecule has 0 spiro atoms. The van der Waals surface area contributed by atoms with Gasteiger partial charge < -0.3 is 9.73 Å². The molecule has 4 rings (SSSR count). The number of carbonyl (C=O) groups excluding carboxylic acids is 1. The number of aromatic nitrogens is 5. The summed E-state index contributed by atoms with van der Waals surface area (Å²) in [5, 5.41) is 16.1. The highest BCUT2D eigenvalue weighted by atomic mass is 32.2. The first-order chi connectivity index (χ1) is 12.8. The largest absolute Gasteiger partial charge is 0.467 e. The molecule has 130 valence electrons. The van der Waals surface area contributed by atoms with E-state index in [0.717, 1.165) is 11.3 Å². The van der Waals surface area contributed by atoms with E-state index in [1.165, 1.54) is 11.8 Å². The maximum atomic E-state index is 12.0. The van der Waals surface area contributed by atoms with Gasteiger partial charge in [-0.15, -0.1) is 10.2 Å². The van der Waals surface area contributed by atoms with Crippen LogP contribution in [-0.2, 0) is 11.3 Å². The van der Waals surface area contributed by atoms with Crippen molar-refractivity contribution < 1.29 is 9.21 Å². The number of carbonyl (C=O) groups is 1. The molecule has 1 N–H and O–H groups in total. The van der Waals surface area contributed by atoms with E-state index in [9.17, 15) is 4.79 Å². The van der Waals surface area contributed by atoms with Crippen molar-refractivity contribution in [3.63, 3.8) is 0 Å². The SMILES string of the molecule is O=C(CSc1nnc2ccc(-c3ccncc3)nn12)NCc1ccco1. The number of nitrogens with zero attached hydrogens (tertiary/aromatic N) is 5. The number of hydrogen-bond donors (Lipinski definition) is 1. The first-order valence-electron chi connectivity index (χ1n) is 7.84. The molecular formula is C17H14N6O2S. The average Bonchev–Trinajstić information content (AvgIpc) is 3.35. The van der Waals surface area contributed by atoms with Gasteiger partial charge in [-0.05, 0) is 36.4 Å². The summed E-state index contributed by atoms with van der Waals surface area (Å²) in [7, 11) is 0. The second kappa shape index (κ2) is 7.36. The molecule has 4 aromatic rings. The zero-order valence-corrected chi connectivity index (χ0v) is 14.4. The lowest BCUT2D eigenvalue weighted by Gasteiger charge is -2.04. The van der Waals surface area contributed by atoms with E-state index in [-0.39, 0.29) is 11.7 Å². The summed E-state index contributed by atoms with van der Waals surface area (Å²) in [5.74, 6) is 0.802. The van der Waals surface area contributed by atoms with Crippen LogP contribution in [0.25, 0.3) is 16.9 Å². The molecule has 4 heterocycles. The Bertz CT molecular complexity index is 1020. The summed E-state index contributed by atoms with van der Waals surface area (Å²) >= 11 is 1.28. The first-order valence-corrected chi connectivity index (χ1v) is 8.83. The minimum absolute atomic E-state index is 0.117. The lowest BCUT2D eigenvalue weighted by molar-refractivity contribution is -0.118. The Labute approximate surface area is 152 Å². The number of amides is 1. The minimum atomic E-state index is -0.117. The zero-order valence-electron chi connectivity index (χ0n) is 13.6. The monoisotopic (exact) mass is 366 g/mol. The van der Waals surface area contributed by atoms with Crippen LogP contribution >= 0.6 is 11.8 Å². The Kier molecular flexibility index (Phi) is 4.61. The molecule has 0 atom stereocenters. The molecule has 0 unspecified atom stereocenters. The highest BCUT2D eigenvalue weighted by Gasteiger charge is 2.12. The predicted octanol–water partition coefficient (Wildman–Crippen LogP) is 2.19. The van der Waals surface area contributed by atoms with Crippen LogP contribution in [0.15, 0.2) is 64.6 Å². The number of thioether (sulfide) groups is 1. The van der Waals surface area contributed by atoms with Gasteiger partial charge in [-0.25, -0.2) is 0 Å². The number of rotatable bonds is 6. The van der Waals surface area contributed by atoms with Crippen molar-refractivity contribution in [2.45, 2.75) is 11.7 Å². The van der Waals surface area contributed by atoms with Crippen molar-refractivity contribution in [1.29, 1.82) is 0 Å². The van der Waals surface area contributed by atoms with Crippen LogP contribution in [0.3, 0.4) is 0 Å². The third-order valence-electron chi connectivity index (χ3n) is 3.58. The number of fused-ring (bicyclic) bond motifs is 1. The average molecular weight is 366 g/mol. The summed E-state index contributed by atoms with van der Waals surface area (Å²) in [4.78, 5) is 16.0. The number of hydrogen-bond acceptors (Lipinski definition) is 7. The van der Waals surface area contributed by atoms with Crippen molar-refractivity contribution in [3.8, 4) is 11.3 Å². The molecule has 0 aromatic carbocycles. The van der Waals surface area contributed by atoms with Crippen LogP contribution in [-0.4, -0.2) is 36.5 Å². The maximum absolute atomic E-state index is 12.0. The molecule has 0 aliphatic carbocycles. The Morgan fingerprint density at radius 3 is 2.85 bits per heavy atom. The molecular weight excluding hydrogens is 352 g/mol. The van der Waals surface area contributed by atoms with Crippen molar-refractivity contribution in [3.05, 3.63) is 60.8 Å². The molecule has 0 saturated carbocycles. The number of pyridine rings is 1. The fraction of sp³-hybridized carbons (Fsp3) is 0.118. The van der Waals surface area contributed by atoms with Crippen LogP contribution < -0.4 is 5.32 Å². The van der Waals surface area contributed by atoms with Crippen molar-refractivity contribution in [2.24, 2.45) is 0 Å². The van der Waals surface area contributed by atoms with Gasteiger partial charge in [0.05, 0.1) is 24.3 Å². The Balaban J connectivity index is 1.45. The van der Waals surface area contributed by atoms with Gasteiger partial charge in [0, 0.05) is 18.0 Å². The molecule has 0 radical (unpaired) electrons. The Morgan fingerprint density at radius 1 is 1.15 bits per heavy atom. The number of furan rings is 1. The van der Waals surface area contributed by atoms with Crippen LogP contribution in [0.1, 0.15) is 5.76 Å². The third kappa shape index (κ3) is 3.57. The van der Waals surface area contributed by atoms with E-state index in [1.54, 1.807) is 29.2 Å². The molecule has 0 bridgehead atoms. The normalized spacial score (nSPS) is 10.9. The van der Waals surface area contributed by atoms with E-state index in [2.05, 4.69) is 25.6 Å². The molecule has 8 nitrogen and oxygen atoms in total. The molecule has 0 aliphatic rings. The molecule has 26 heavy (non-hydrogen) atoms. The minimum Gasteiger partial charge on any atom is -0.467 e. The van der Waals surface area contributed by atoms with Gasteiger partial charge in [0.25, 0.3) is 0 Å². The standard InChI is InChI=1S/C17H14N6O2S/c24-16(19-10-13-2-1-9-25-13)11-26-17-21-20-15-4-3-14(22-23(15)17)12-5-7-18-8-6-12/h1-9H,10-11H2,(H,19,24). The van der Waals surface area contributed by atoms with Crippen molar-refractivity contribution in [1.82, 2.24) is 30.1 Å². The highest BCUT2D eigenvalue weighted by molar-refractivity contribution is 7.99. The summed E-state index contributed by atoms with van der Waals surface area (Å²) in [6.45, 7) is 0.359. The summed E-state index contributed by atoms with van der Waals surface area (Å²) < 4.78 is 6.82. The Morgan fingerprint density at radius 2 is 2.04 bits per heavy atom. The van der Waals surface area contributed by atoms with Crippen LogP contribution in [0.2, 0.25) is 0 Å². The number of nitrogens with one attached hydrogen (secondary N) is 1. The summed E-state index contributed by atoms with van der Waals surface area (Å²) in [6.07, 6.45) is 5.00. The van der Waals surface area contributed by atoms with E-state index < -0.39 is 0 Å². The van der Waals surface area contributed by atoms with Crippen LogP contribution in [0, 0.1) is 0 Å². The quantitative estimate of drug-likeness (QED) is 0.522. The van der Waals surface area contributed by atoms with Crippen molar-refractivity contribution >= 4 is 23.3 Å². The zero-order chi connectivity index (χ0) is 17.8. The second-order valence-corrected chi connectivity index (χ2v) is 6.29. The lowest BCUT2D eigenvalue weighted by Crippen LogP contribution is -2.24. The van der Waals surface area contributed by atoms with E-state index in [0.29, 0.717) is 23.1 Å². The van der Waals surface area contributed by atoms with Gasteiger partial charge in [-0.3, -0.25) is 9.78 Å². The molecule has 0 fully saturated rings. The molecule has 0 saturated heterocycles. The van der Waals surface area contributed by atoms with Gasteiger partial charge >= 0.3 is 0 Å². The topological polar surface area (TPSA) is 98.2 Å². The van der Waals surface area contributed by atoms with Crippen LogP contribution in [0.4, 0.5) is 0 Å². The Hall–Kier alpha value is -3.20. The second-order valence-electron chi connectivity index (χ2n) is 5.35. The highest BCUT2D eigenvalue weighted by Crippen LogP contribution is 2.20. The third-order valence-corrected chi connectivity index (χ3v) is 4.50. The van der Waals surface area contributed by atoms with Crippen LogP contribution in [0.5, 0.6) is 0 Å². The van der Waals surface area contributed by atoms with Gasteiger partial charge in [0.2, 0.25) is 11.1 Å². The van der Waals surface area contributed by atoms with E-state index in [1.807, 2.05) is 30.3 Å². The molecule has 0 aliphatic heterocycles. The summed E-state index contributed by atoms with van der Waals surface area (Å²) in [5.41, 5.74) is 2.35. The van der Waals surface area contributed by atoms with E-state index >= 15 is 0 Å². The van der Waals surface area contributed by atoms with Gasteiger partial charge in [-0.1, -0.05) is 11.8 Å². The molecule has 1 amide bonds.